The molecule has 6 atom stereocenters. The molecule has 2 fully saturated rings. The normalized spacial score (nSPS) is 33.4. The van der Waals surface area contributed by atoms with Crippen LogP contribution in [0, 0.1) is 34.5 Å². The summed E-state index contributed by atoms with van der Waals surface area (Å²) >= 11 is -1.13. The number of benzene rings is 1. The van der Waals surface area contributed by atoms with Crippen molar-refractivity contribution < 1.29 is 27.3 Å². The van der Waals surface area contributed by atoms with E-state index in [1.54, 1.807) is 19.3 Å². The number of carbonyl (C=O) groups is 2. The van der Waals surface area contributed by atoms with E-state index in [1.165, 1.54) is 17.1 Å². The Kier molecular flexibility index (Phi) is 6.97. The molecule has 7 heteroatoms. The largest absolute Gasteiger partial charge is 0.612 e. The van der Waals surface area contributed by atoms with Gasteiger partial charge in [0.05, 0.1) is 5.41 Å². The van der Waals surface area contributed by atoms with Crippen LogP contribution in [0.1, 0.15) is 76.7 Å². The van der Waals surface area contributed by atoms with Crippen molar-refractivity contribution >= 4 is 22.7 Å². The highest BCUT2D eigenvalue weighted by molar-refractivity contribution is 7.90. The number of Topliss-reactive ketones (excluding diaryl/α,β-unsaturated/α-hetero) is 1. The van der Waals surface area contributed by atoms with Crippen molar-refractivity contribution in [2.75, 3.05) is 6.26 Å². The lowest BCUT2D eigenvalue weighted by atomic mass is 9.48. The summed E-state index contributed by atoms with van der Waals surface area (Å²) in [5, 5.41) is 0. The third-order valence-corrected chi connectivity index (χ3v) is 10.7. The molecule has 0 heterocycles. The number of alkyl halides is 3. The molecule has 0 saturated heterocycles. The first-order valence-electron chi connectivity index (χ1n) is 13.4. The summed E-state index contributed by atoms with van der Waals surface area (Å²) in [5.74, 6) is 4.05. The minimum Gasteiger partial charge on any atom is -0.612 e. The second kappa shape index (κ2) is 9.71. The first-order valence-corrected chi connectivity index (χ1v) is 15.0. The van der Waals surface area contributed by atoms with Crippen molar-refractivity contribution in [1.29, 1.82) is 0 Å². The zero-order valence-electron chi connectivity index (χ0n) is 22.0. The van der Waals surface area contributed by atoms with E-state index in [2.05, 4.69) is 5.92 Å². The molecule has 1 aromatic carbocycles. The summed E-state index contributed by atoms with van der Waals surface area (Å²) in [6, 6.07) is 7.65. The molecule has 2 saturated carbocycles. The van der Waals surface area contributed by atoms with Gasteiger partial charge >= 0.3 is 6.18 Å². The highest BCUT2D eigenvalue weighted by atomic mass is 32.2. The number of allylic oxidation sites excluding steroid dienone is 4. The highest BCUT2D eigenvalue weighted by Crippen LogP contribution is 2.69. The Morgan fingerprint density at radius 2 is 1.87 bits per heavy atom. The van der Waals surface area contributed by atoms with Gasteiger partial charge in [-0.3, -0.25) is 9.59 Å². The van der Waals surface area contributed by atoms with Crippen molar-refractivity contribution in [1.82, 2.24) is 0 Å². The molecule has 0 amide bonds. The monoisotopic (exact) mass is 542 g/mol. The average molecular weight is 543 g/mol. The standard InChI is InChI=1S/C31H33F3O3S/c1-4-27(36)30(15-16-31(32,33)34)14-13-26-24-11-7-20-17-21(35)8-12-23(20)28(24)25(18-29(26,30)2)19-5-9-22(10-6-19)38(3)37/h5-6,9-10,17,24-26H,4,7-8,11-14,18H2,1-3H3/t24-,25+,26-,29-,30-,38?/m0/s1. The molecule has 3 nitrogen and oxygen atoms in total. The smallest absolute Gasteiger partial charge is 0.457 e. The number of hydrogen-bond donors (Lipinski definition) is 0. The van der Waals surface area contributed by atoms with Crippen molar-refractivity contribution in [3.63, 3.8) is 0 Å². The van der Waals surface area contributed by atoms with E-state index < -0.39 is 28.2 Å². The zero-order chi connectivity index (χ0) is 27.5. The summed E-state index contributed by atoms with van der Waals surface area (Å²) in [6.45, 7) is 3.72. The molecule has 0 aromatic heterocycles. The molecule has 38 heavy (non-hydrogen) atoms. The minimum absolute atomic E-state index is 0.0425. The molecule has 202 valence electrons. The highest BCUT2D eigenvalue weighted by Gasteiger charge is 2.65. The van der Waals surface area contributed by atoms with Crippen molar-refractivity contribution in [2.45, 2.75) is 82.2 Å². The fraction of sp³-hybridized carbons (Fsp3) is 0.548. The minimum atomic E-state index is -4.67. The average Bonchev–Trinajstić information content (AvgIpc) is 3.18. The van der Waals surface area contributed by atoms with E-state index in [9.17, 15) is 27.3 Å². The Bertz CT molecular complexity index is 1280. The first-order chi connectivity index (χ1) is 17.9. The number of rotatable bonds is 4. The summed E-state index contributed by atoms with van der Waals surface area (Å²) in [7, 11) is 0. The van der Waals surface area contributed by atoms with Gasteiger partial charge in [0.2, 0.25) is 0 Å². The van der Waals surface area contributed by atoms with Gasteiger partial charge in [-0.05, 0) is 102 Å². The van der Waals surface area contributed by atoms with E-state index in [0.29, 0.717) is 37.0 Å². The van der Waals surface area contributed by atoms with Gasteiger partial charge in [-0.25, -0.2) is 0 Å². The molecule has 4 aliphatic carbocycles. The number of hydrogen-bond acceptors (Lipinski definition) is 3. The van der Waals surface area contributed by atoms with Gasteiger partial charge in [-0.2, -0.15) is 13.2 Å². The van der Waals surface area contributed by atoms with Gasteiger partial charge in [0.1, 0.15) is 6.26 Å². The maximum Gasteiger partial charge on any atom is 0.457 e. The number of ketones is 2. The van der Waals surface area contributed by atoms with Crippen molar-refractivity contribution in [3.05, 3.63) is 52.6 Å². The van der Waals surface area contributed by atoms with E-state index in [-0.39, 0.29) is 35.7 Å². The first kappa shape index (κ1) is 27.3. The lowest BCUT2D eigenvalue weighted by molar-refractivity contribution is -0.132. The lowest BCUT2D eigenvalue weighted by Gasteiger charge is -2.54. The topological polar surface area (TPSA) is 57.2 Å². The lowest BCUT2D eigenvalue weighted by Crippen LogP contribution is -2.50. The molecule has 1 unspecified atom stereocenters. The van der Waals surface area contributed by atoms with E-state index in [1.807, 2.05) is 31.2 Å². The van der Waals surface area contributed by atoms with Gasteiger partial charge in [0, 0.05) is 24.7 Å². The van der Waals surface area contributed by atoms with Gasteiger partial charge < -0.3 is 4.55 Å². The van der Waals surface area contributed by atoms with Crippen molar-refractivity contribution in [2.24, 2.45) is 22.7 Å². The number of carbonyl (C=O) groups excluding carboxylic acids is 2. The Labute approximate surface area is 225 Å². The summed E-state index contributed by atoms with van der Waals surface area (Å²) in [5.41, 5.74) is 2.56. The van der Waals surface area contributed by atoms with Crippen LogP contribution in [0.3, 0.4) is 0 Å². The van der Waals surface area contributed by atoms with Crippen LogP contribution < -0.4 is 0 Å². The summed E-state index contributed by atoms with van der Waals surface area (Å²) < 4.78 is 52.2. The third-order valence-electron chi connectivity index (χ3n) is 9.76. The summed E-state index contributed by atoms with van der Waals surface area (Å²) in [4.78, 5) is 26.5. The van der Waals surface area contributed by atoms with Crippen LogP contribution >= 0.6 is 0 Å². The maximum atomic E-state index is 13.5. The van der Waals surface area contributed by atoms with E-state index in [4.69, 9.17) is 0 Å². The fourth-order valence-electron chi connectivity index (χ4n) is 8.09. The molecular weight excluding hydrogens is 509 g/mol. The Hall–Kier alpha value is -2.30. The molecule has 0 N–H and O–H groups in total. The third kappa shape index (κ3) is 4.38. The summed E-state index contributed by atoms with van der Waals surface area (Å²) in [6.07, 6.45) is 3.13. The van der Waals surface area contributed by atoms with E-state index >= 15 is 0 Å². The fourth-order valence-corrected chi connectivity index (χ4v) is 8.61. The predicted molar refractivity (Wildman–Crippen MR) is 141 cm³/mol. The van der Waals surface area contributed by atoms with Crippen molar-refractivity contribution in [3.8, 4) is 11.8 Å². The quantitative estimate of drug-likeness (QED) is 0.309. The van der Waals surface area contributed by atoms with Crippen LogP contribution in [0.5, 0.6) is 0 Å². The zero-order valence-corrected chi connectivity index (χ0v) is 22.9. The van der Waals surface area contributed by atoms with Gasteiger partial charge in [0.15, 0.2) is 16.5 Å². The van der Waals surface area contributed by atoms with Crippen LogP contribution in [0.4, 0.5) is 13.2 Å². The molecule has 0 aliphatic heterocycles. The number of fused-ring (bicyclic) bond motifs is 4. The van der Waals surface area contributed by atoms with E-state index in [0.717, 1.165) is 24.0 Å². The second-order valence-electron chi connectivity index (χ2n) is 11.5. The van der Waals surface area contributed by atoms with Gasteiger partial charge in [0.25, 0.3) is 0 Å². The van der Waals surface area contributed by atoms with Gasteiger partial charge in [-0.15, -0.1) is 0 Å². The maximum absolute atomic E-state index is 13.5. The molecule has 1 aromatic rings. The molecule has 0 radical (unpaired) electrons. The molecule has 5 rings (SSSR count). The van der Waals surface area contributed by atoms with Crippen LogP contribution in [-0.4, -0.2) is 28.6 Å². The van der Waals surface area contributed by atoms with Gasteiger partial charge in [-0.1, -0.05) is 37.5 Å². The Morgan fingerprint density at radius 1 is 1.16 bits per heavy atom. The molecular formula is C31H33F3O3S. The predicted octanol–water partition coefficient (Wildman–Crippen LogP) is 6.85. The van der Waals surface area contributed by atoms with Crippen LogP contribution in [-0.2, 0) is 20.8 Å². The second-order valence-corrected chi connectivity index (χ2v) is 12.9. The SMILES string of the molecule is CCC(=O)[C@@]1(C#CC(F)(F)F)CC[C@H]2[C@@H]3CCC4=CC(=O)CCC4=C3[C@@H](c3ccc([S+](C)[O-])cc3)C[C@@]21C. The Balaban J connectivity index is 1.70. The van der Waals surface area contributed by atoms with Crippen LogP contribution in [0.2, 0.25) is 0 Å². The molecule has 0 spiro atoms. The van der Waals surface area contributed by atoms with Crippen LogP contribution in [0.15, 0.2) is 52.0 Å². The molecule has 4 aliphatic rings. The molecule has 0 bridgehead atoms. The Morgan fingerprint density at radius 3 is 2.50 bits per heavy atom. The number of halogens is 3. The van der Waals surface area contributed by atoms with Crippen LogP contribution in [0.25, 0.3) is 0 Å².